The predicted molar refractivity (Wildman–Crippen MR) is 95.7 cm³/mol. The Labute approximate surface area is 155 Å². The fourth-order valence-corrected chi connectivity index (χ4v) is 4.00. The van der Waals surface area contributed by atoms with Gasteiger partial charge in [0.05, 0.1) is 10.6 Å². The summed E-state index contributed by atoms with van der Waals surface area (Å²) < 4.78 is 10.6. The minimum atomic E-state index is -0.116. The zero-order valence-corrected chi connectivity index (χ0v) is 15.8. The Morgan fingerprint density at radius 1 is 1.27 bits per heavy atom. The van der Waals surface area contributed by atoms with Crippen LogP contribution in [0.4, 0.5) is 0 Å². The molecule has 0 unspecified atom stereocenters. The van der Waals surface area contributed by atoms with E-state index in [2.05, 4.69) is 15.3 Å². The minimum Gasteiger partial charge on any atom is -0.361 e. The summed E-state index contributed by atoms with van der Waals surface area (Å²) >= 11 is 1.63. The molecule has 136 valence electrons. The van der Waals surface area contributed by atoms with Gasteiger partial charge < -0.3 is 13.9 Å². The van der Waals surface area contributed by atoms with E-state index in [0.29, 0.717) is 24.6 Å². The summed E-state index contributed by atoms with van der Waals surface area (Å²) in [7, 11) is 0. The highest BCUT2D eigenvalue weighted by Crippen LogP contribution is 2.35. The van der Waals surface area contributed by atoms with Gasteiger partial charge in [0.1, 0.15) is 11.8 Å². The second-order valence-electron chi connectivity index (χ2n) is 6.56. The normalized spacial score (nSPS) is 16.7. The maximum absolute atomic E-state index is 12.6. The van der Waals surface area contributed by atoms with Crippen LogP contribution >= 0.6 is 11.3 Å². The first-order valence-corrected chi connectivity index (χ1v) is 9.46. The van der Waals surface area contributed by atoms with Crippen LogP contribution in [0.2, 0.25) is 0 Å². The smallest absolute Gasteiger partial charge is 0.249 e. The first kappa shape index (κ1) is 17.0. The topological polar surface area (TPSA) is 85.3 Å². The molecule has 0 bridgehead atoms. The fourth-order valence-electron chi connectivity index (χ4n) is 3.20. The van der Waals surface area contributed by atoms with Crippen LogP contribution in [0.25, 0.3) is 10.7 Å². The number of rotatable bonds is 5. The molecule has 0 aliphatic carbocycles. The molecule has 1 amide bonds. The maximum Gasteiger partial charge on any atom is 0.249 e. The van der Waals surface area contributed by atoms with Crippen LogP contribution in [0.15, 0.2) is 21.2 Å². The van der Waals surface area contributed by atoms with Crippen molar-refractivity contribution < 1.29 is 13.8 Å². The summed E-state index contributed by atoms with van der Waals surface area (Å²) in [4.78, 5) is 21.1. The van der Waals surface area contributed by atoms with Gasteiger partial charge in [0.25, 0.3) is 0 Å². The Hall–Kier alpha value is -2.48. The molecular formula is C18H20N4O3S. The molecule has 4 rings (SSSR count). The number of hydrogen-bond donors (Lipinski definition) is 0. The number of hydrogen-bond acceptors (Lipinski definition) is 7. The molecule has 3 aromatic heterocycles. The number of nitrogens with zero attached hydrogens (tertiary/aromatic N) is 4. The number of thiophene rings is 1. The Bertz CT molecular complexity index is 923. The number of aryl methyl sites for hydroxylation is 3. The first-order chi connectivity index (χ1) is 12.5. The molecule has 1 aliphatic rings. The average Bonchev–Trinajstić information content (AvgIpc) is 3.27. The van der Waals surface area contributed by atoms with Gasteiger partial charge >= 0.3 is 0 Å². The standard InChI is InChI=1S/C18H20N4O3S/c1-10-4-6-15(26-10)17-19-18(25-21-17)14-8-9-22(14)16(23)7-5-13-11(2)20-24-12(13)3/h4,6,14H,5,7-9H2,1-3H3/t14-/m1/s1. The molecule has 4 heterocycles. The SMILES string of the molecule is Cc1ccc(-c2noc([C@H]3CCN3C(=O)CCc3c(C)noc3C)n2)s1. The van der Waals surface area contributed by atoms with E-state index in [1.807, 2.05) is 37.8 Å². The minimum absolute atomic E-state index is 0.0907. The lowest BCUT2D eigenvalue weighted by Gasteiger charge is -2.38. The van der Waals surface area contributed by atoms with Crippen molar-refractivity contribution in [1.82, 2.24) is 20.2 Å². The highest BCUT2D eigenvalue weighted by atomic mass is 32.1. The van der Waals surface area contributed by atoms with E-state index in [0.717, 1.165) is 34.9 Å². The molecular weight excluding hydrogens is 352 g/mol. The lowest BCUT2D eigenvalue weighted by molar-refractivity contribution is -0.140. The largest absolute Gasteiger partial charge is 0.361 e. The van der Waals surface area contributed by atoms with Gasteiger partial charge in [-0.3, -0.25) is 4.79 Å². The van der Waals surface area contributed by atoms with E-state index in [4.69, 9.17) is 9.05 Å². The second kappa shape index (κ2) is 6.68. The molecule has 1 saturated heterocycles. The van der Waals surface area contributed by atoms with Crippen molar-refractivity contribution in [1.29, 1.82) is 0 Å². The van der Waals surface area contributed by atoms with Crippen LogP contribution in [0.5, 0.6) is 0 Å². The van der Waals surface area contributed by atoms with Crippen molar-refractivity contribution in [3.63, 3.8) is 0 Å². The second-order valence-corrected chi connectivity index (χ2v) is 7.85. The van der Waals surface area contributed by atoms with Crippen molar-refractivity contribution >= 4 is 17.2 Å². The summed E-state index contributed by atoms with van der Waals surface area (Å²) in [5, 5.41) is 8.01. The number of carbonyl (C=O) groups excluding carboxylic acids is 1. The van der Waals surface area contributed by atoms with Crippen LogP contribution in [0.3, 0.4) is 0 Å². The van der Waals surface area contributed by atoms with Crippen molar-refractivity contribution in [3.05, 3.63) is 39.9 Å². The molecule has 1 fully saturated rings. The third-order valence-electron chi connectivity index (χ3n) is 4.80. The Morgan fingerprint density at radius 3 is 2.73 bits per heavy atom. The number of carbonyl (C=O) groups is 1. The van der Waals surface area contributed by atoms with E-state index in [9.17, 15) is 4.79 Å². The fraction of sp³-hybridized carbons (Fsp3) is 0.444. The number of likely N-dealkylation sites (tertiary alicyclic amines) is 1. The summed E-state index contributed by atoms with van der Waals surface area (Å²) in [5.74, 6) is 1.98. The highest BCUT2D eigenvalue weighted by molar-refractivity contribution is 7.15. The molecule has 0 N–H and O–H groups in total. The van der Waals surface area contributed by atoms with Gasteiger partial charge in [-0.15, -0.1) is 11.3 Å². The Balaban J connectivity index is 1.41. The molecule has 0 spiro atoms. The van der Waals surface area contributed by atoms with Crippen LogP contribution in [0, 0.1) is 20.8 Å². The van der Waals surface area contributed by atoms with E-state index >= 15 is 0 Å². The lowest BCUT2D eigenvalue weighted by Crippen LogP contribution is -2.45. The van der Waals surface area contributed by atoms with Gasteiger partial charge in [-0.1, -0.05) is 10.3 Å². The molecule has 1 aliphatic heterocycles. The van der Waals surface area contributed by atoms with E-state index < -0.39 is 0 Å². The van der Waals surface area contributed by atoms with Crippen LogP contribution in [0.1, 0.15) is 46.7 Å². The Morgan fingerprint density at radius 2 is 2.12 bits per heavy atom. The predicted octanol–water partition coefficient (Wildman–Crippen LogP) is 3.62. The first-order valence-electron chi connectivity index (χ1n) is 8.64. The summed E-state index contributed by atoms with van der Waals surface area (Å²) in [6.07, 6.45) is 1.90. The summed E-state index contributed by atoms with van der Waals surface area (Å²) in [5.41, 5.74) is 1.87. The zero-order chi connectivity index (χ0) is 18.3. The van der Waals surface area contributed by atoms with Gasteiger partial charge in [0.2, 0.25) is 17.6 Å². The van der Waals surface area contributed by atoms with Crippen molar-refractivity contribution in [2.45, 2.75) is 46.1 Å². The monoisotopic (exact) mass is 372 g/mol. The van der Waals surface area contributed by atoms with Crippen molar-refractivity contribution in [2.24, 2.45) is 0 Å². The molecule has 0 aromatic carbocycles. The zero-order valence-electron chi connectivity index (χ0n) is 15.0. The van der Waals surface area contributed by atoms with Gasteiger partial charge in [-0.2, -0.15) is 4.98 Å². The molecule has 8 heteroatoms. The van der Waals surface area contributed by atoms with E-state index in [1.165, 1.54) is 4.88 Å². The van der Waals surface area contributed by atoms with Crippen molar-refractivity contribution in [3.8, 4) is 10.7 Å². The molecule has 7 nitrogen and oxygen atoms in total. The molecule has 26 heavy (non-hydrogen) atoms. The highest BCUT2D eigenvalue weighted by Gasteiger charge is 2.37. The van der Waals surface area contributed by atoms with Gasteiger partial charge in [-0.25, -0.2) is 0 Å². The van der Waals surface area contributed by atoms with Crippen LogP contribution in [-0.4, -0.2) is 32.6 Å². The van der Waals surface area contributed by atoms with E-state index in [-0.39, 0.29) is 11.9 Å². The molecule has 1 atom stereocenters. The van der Waals surface area contributed by atoms with E-state index in [1.54, 1.807) is 11.3 Å². The van der Waals surface area contributed by atoms with Gasteiger partial charge in [-0.05, 0) is 45.7 Å². The van der Waals surface area contributed by atoms with Gasteiger partial charge in [0, 0.05) is 23.4 Å². The third-order valence-corrected chi connectivity index (χ3v) is 5.79. The van der Waals surface area contributed by atoms with Gasteiger partial charge in [0.15, 0.2) is 0 Å². The Kier molecular flexibility index (Phi) is 4.36. The number of amides is 1. The molecule has 0 radical (unpaired) electrons. The third kappa shape index (κ3) is 3.05. The number of aromatic nitrogens is 3. The van der Waals surface area contributed by atoms with Crippen LogP contribution < -0.4 is 0 Å². The lowest BCUT2D eigenvalue weighted by atomic mass is 10.0. The van der Waals surface area contributed by atoms with Crippen molar-refractivity contribution in [2.75, 3.05) is 6.54 Å². The molecule has 3 aromatic rings. The van der Waals surface area contributed by atoms with Crippen LogP contribution in [-0.2, 0) is 11.2 Å². The summed E-state index contributed by atoms with van der Waals surface area (Å²) in [6.45, 7) is 6.54. The molecule has 0 saturated carbocycles. The summed E-state index contributed by atoms with van der Waals surface area (Å²) in [6, 6.07) is 3.90. The average molecular weight is 372 g/mol. The quantitative estimate of drug-likeness (QED) is 0.680. The maximum atomic E-state index is 12.6.